The summed E-state index contributed by atoms with van der Waals surface area (Å²) in [6.45, 7) is 0. The lowest BCUT2D eigenvalue weighted by molar-refractivity contribution is 0.0943. The first-order chi connectivity index (χ1) is 12.7. The van der Waals surface area contributed by atoms with Crippen molar-refractivity contribution in [1.29, 1.82) is 0 Å². The first kappa shape index (κ1) is 18.0. The Kier molecular flexibility index (Phi) is 6.30. The molecular formula is C20H24N4O2. The molecule has 0 radical (unpaired) electrons. The van der Waals surface area contributed by atoms with E-state index in [0.717, 1.165) is 56.4 Å². The molecule has 6 heteroatoms. The van der Waals surface area contributed by atoms with Crippen LogP contribution in [-0.4, -0.2) is 23.2 Å². The van der Waals surface area contributed by atoms with Gasteiger partial charge >= 0.3 is 0 Å². The number of benzene rings is 1. The number of hydrogen-bond acceptors (Lipinski definition) is 4. The molecule has 6 nitrogen and oxygen atoms in total. The maximum atomic E-state index is 12.2. The third kappa shape index (κ3) is 5.12. The van der Waals surface area contributed by atoms with Crippen LogP contribution in [0.5, 0.6) is 0 Å². The van der Waals surface area contributed by atoms with Gasteiger partial charge in [0.2, 0.25) is 0 Å². The third-order valence-electron chi connectivity index (χ3n) is 4.57. The summed E-state index contributed by atoms with van der Waals surface area (Å²) in [7, 11) is 0. The Morgan fingerprint density at radius 1 is 0.769 bits per heavy atom. The molecule has 26 heavy (non-hydrogen) atoms. The zero-order valence-electron chi connectivity index (χ0n) is 14.8. The summed E-state index contributed by atoms with van der Waals surface area (Å²) < 4.78 is 0. The molecule has 1 saturated carbocycles. The first-order valence-corrected chi connectivity index (χ1v) is 9.21. The Balaban J connectivity index is 1.55. The molecule has 0 heterocycles. The normalized spacial score (nSPS) is 18.5. The predicted molar refractivity (Wildman–Crippen MR) is 102 cm³/mol. The van der Waals surface area contributed by atoms with E-state index in [1.165, 1.54) is 6.42 Å². The minimum Gasteiger partial charge on any atom is -0.267 e. The summed E-state index contributed by atoms with van der Waals surface area (Å²) in [5.74, 6) is -0.548. The van der Waals surface area contributed by atoms with E-state index >= 15 is 0 Å². The van der Waals surface area contributed by atoms with Gasteiger partial charge in [0.25, 0.3) is 11.8 Å². The van der Waals surface area contributed by atoms with Crippen LogP contribution in [0.1, 0.15) is 72.1 Å². The van der Waals surface area contributed by atoms with Crippen molar-refractivity contribution in [2.24, 2.45) is 10.2 Å². The van der Waals surface area contributed by atoms with Crippen molar-refractivity contribution in [3.8, 4) is 0 Å². The van der Waals surface area contributed by atoms with Gasteiger partial charge in [-0.1, -0.05) is 12.5 Å². The number of hydrogen-bond donors (Lipinski definition) is 2. The molecule has 2 aliphatic rings. The second kappa shape index (κ2) is 9.08. The Morgan fingerprint density at radius 2 is 1.38 bits per heavy atom. The molecule has 0 saturated heterocycles. The van der Waals surface area contributed by atoms with Gasteiger partial charge < -0.3 is 0 Å². The van der Waals surface area contributed by atoms with E-state index in [4.69, 9.17) is 0 Å². The molecule has 2 aliphatic carbocycles. The van der Waals surface area contributed by atoms with Gasteiger partial charge in [0.1, 0.15) is 0 Å². The van der Waals surface area contributed by atoms with Gasteiger partial charge in [-0.2, -0.15) is 10.2 Å². The summed E-state index contributed by atoms with van der Waals surface area (Å²) in [5.41, 5.74) is 8.03. The van der Waals surface area contributed by atoms with Crippen LogP contribution in [0.3, 0.4) is 0 Å². The van der Waals surface area contributed by atoms with Gasteiger partial charge in [0, 0.05) is 16.8 Å². The molecule has 3 rings (SSSR count). The molecular weight excluding hydrogens is 328 g/mol. The van der Waals surface area contributed by atoms with Crippen LogP contribution in [0.25, 0.3) is 0 Å². The zero-order valence-corrected chi connectivity index (χ0v) is 14.8. The Labute approximate surface area is 153 Å². The van der Waals surface area contributed by atoms with Crippen molar-refractivity contribution >= 4 is 23.2 Å². The third-order valence-corrected chi connectivity index (χ3v) is 4.57. The molecule has 0 bridgehead atoms. The minimum atomic E-state index is -0.286. The fraction of sp³-hybridized carbons (Fsp3) is 0.400. The highest BCUT2D eigenvalue weighted by atomic mass is 16.2. The molecule has 2 N–H and O–H groups in total. The smallest absolute Gasteiger partial charge is 0.267 e. The van der Waals surface area contributed by atoms with E-state index in [1.807, 2.05) is 6.08 Å². The molecule has 1 aromatic rings. The maximum Gasteiger partial charge on any atom is 0.271 e. The standard InChI is InChI=1S/C20H24N4O2/c25-19(23-21-17-7-3-1-4-8-17)15-11-13-16(14-12-15)20(26)24-22-18-9-5-2-6-10-18/h3,7,11-14H,1-2,4-6,8-10H2,(H,23,25)(H,24,26)/b21-17+. The highest BCUT2D eigenvalue weighted by molar-refractivity contribution is 6.00. The summed E-state index contributed by atoms with van der Waals surface area (Å²) in [6.07, 6.45) is 12.4. The highest BCUT2D eigenvalue weighted by Gasteiger charge is 2.11. The molecule has 1 fully saturated rings. The van der Waals surface area contributed by atoms with Gasteiger partial charge in [-0.15, -0.1) is 0 Å². The van der Waals surface area contributed by atoms with Gasteiger partial charge in [0.05, 0.1) is 5.71 Å². The maximum absolute atomic E-state index is 12.2. The van der Waals surface area contributed by atoms with E-state index in [2.05, 4.69) is 27.1 Å². The molecule has 0 aromatic heterocycles. The van der Waals surface area contributed by atoms with Crippen molar-refractivity contribution in [2.45, 2.75) is 51.4 Å². The van der Waals surface area contributed by atoms with Gasteiger partial charge in [-0.3, -0.25) is 9.59 Å². The van der Waals surface area contributed by atoms with Crippen LogP contribution in [0.4, 0.5) is 0 Å². The van der Waals surface area contributed by atoms with E-state index in [1.54, 1.807) is 24.3 Å². The quantitative estimate of drug-likeness (QED) is 0.812. The van der Waals surface area contributed by atoms with E-state index in [9.17, 15) is 9.59 Å². The number of hydrazone groups is 2. The van der Waals surface area contributed by atoms with Gasteiger partial charge in [-0.25, -0.2) is 10.9 Å². The number of nitrogens with zero attached hydrogens (tertiary/aromatic N) is 2. The predicted octanol–water partition coefficient (Wildman–Crippen LogP) is 3.56. The lowest BCUT2D eigenvalue weighted by Gasteiger charge is -2.12. The van der Waals surface area contributed by atoms with Crippen LogP contribution >= 0.6 is 0 Å². The number of amides is 2. The zero-order chi connectivity index (χ0) is 18.2. The first-order valence-electron chi connectivity index (χ1n) is 9.21. The number of rotatable bonds is 4. The van der Waals surface area contributed by atoms with Crippen molar-refractivity contribution < 1.29 is 9.59 Å². The van der Waals surface area contributed by atoms with Gasteiger partial charge in [-0.05, 0) is 75.3 Å². The topological polar surface area (TPSA) is 82.9 Å². The molecule has 136 valence electrons. The van der Waals surface area contributed by atoms with Gasteiger partial charge in [0.15, 0.2) is 0 Å². The lowest BCUT2D eigenvalue weighted by Crippen LogP contribution is -2.22. The van der Waals surface area contributed by atoms with Crippen molar-refractivity contribution in [3.63, 3.8) is 0 Å². The fourth-order valence-corrected chi connectivity index (χ4v) is 3.02. The largest absolute Gasteiger partial charge is 0.271 e. The lowest BCUT2D eigenvalue weighted by atomic mass is 9.99. The average Bonchev–Trinajstić information content (AvgIpc) is 2.72. The Bertz CT molecular complexity index is 740. The SMILES string of the molecule is O=C(NN=C1CCCCC1)c1ccc(C(=O)N/N=C2\C=CCCC2)cc1. The Morgan fingerprint density at radius 3 is 1.96 bits per heavy atom. The summed E-state index contributed by atoms with van der Waals surface area (Å²) in [4.78, 5) is 24.3. The van der Waals surface area contributed by atoms with Crippen molar-refractivity contribution in [3.05, 3.63) is 47.5 Å². The molecule has 0 spiro atoms. The summed E-state index contributed by atoms with van der Waals surface area (Å²) in [6, 6.07) is 6.49. The van der Waals surface area contributed by atoms with Crippen LogP contribution < -0.4 is 10.9 Å². The monoisotopic (exact) mass is 352 g/mol. The van der Waals surface area contributed by atoms with E-state index < -0.39 is 0 Å². The van der Waals surface area contributed by atoms with Crippen LogP contribution in [0.2, 0.25) is 0 Å². The van der Waals surface area contributed by atoms with Crippen molar-refractivity contribution in [1.82, 2.24) is 10.9 Å². The molecule has 0 unspecified atom stereocenters. The van der Waals surface area contributed by atoms with E-state index in [-0.39, 0.29) is 11.8 Å². The number of carbonyl (C=O) groups is 2. The Hall–Kier alpha value is -2.76. The van der Waals surface area contributed by atoms with Crippen LogP contribution in [0, 0.1) is 0 Å². The number of allylic oxidation sites excluding steroid dienone is 2. The second-order valence-corrected chi connectivity index (χ2v) is 6.60. The molecule has 1 aromatic carbocycles. The number of carbonyl (C=O) groups excluding carboxylic acids is 2. The molecule has 0 aliphatic heterocycles. The van der Waals surface area contributed by atoms with E-state index in [0.29, 0.717) is 11.1 Å². The number of nitrogens with one attached hydrogen (secondary N) is 2. The van der Waals surface area contributed by atoms with Crippen LogP contribution in [-0.2, 0) is 0 Å². The molecule has 2 amide bonds. The highest BCUT2D eigenvalue weighted by Crippen LogP contribution is 2.14. The fourth-order valence-electron chi connectivity index (χ4n) is 3.02. The summed E-state index contributed by atoms with van der Waals surface area (Å²) in [5, 5.41) is 8.34. The second-order valence-electron chi connectivity index (χ2n) is 6.60. The summed E-state index contributed by atoms with van der Waals surface area (Å²) >= 11 is 0. The average molecular weight is 352 g/mol. The van der Waals surface area contributed by atoms with Crippen molar-refractivity contribution in [2.75, 3.05) is 0 Å². The molecule has 0 atom stereocenters. The minimum absolute atomic E-state index is 0.261. The van der Waals surface area contributed by atoms with Crippen LogP contribution in [0.15, 0.2) is 46.6 Å².